The number of nitrogens with zero attached hydrogens (tertiary/aromatic N) is 4. The van der Waals surface area contributed by atoms with Gasteiger partial charge in [-0.2, -0.15) is 0 Å². The van der Waals surface area contributed by atoms with Crippen LogP contribution in [0.25, 0.3) is 0 Å². The van der Waals surface area contributed by atoms with Crippen molar-refractivity contribution in [1.82, 2.24) is 10.2 Å². The summed E-state index contributed by atoms with van der Waals surface area (Å²) < 4.78 is 0. The van der Waals surface area contributed by atoms with Gasteiger partial charge >= 0.3 is 12.1 Å². The first-order valence-corrected chi connectivity index (χ1v) is 8.25. The molecule has 0 spiro atoms. The summed E-state index contributed by atoms with van der Waals surface area (Å²) >= 11 is 0. The van der Waals surface area contributed by atoms with E-state index in [0.717, 1.165) is 12.8 Å². The summed E-state index contributed by atoms with van der Waals surface area (Å²) in [5.41, 5.74) is 0.644. The van der Waals surface area contributed by atoms with Crippen molar-refractivity contribution in [2.75, 3.05) is 23.4 Å². The van der Waals surface area contributed by atoms with Gasteiger partial charge in [-0.3, -0.25) is 4.90 Å². The molecule has 0 bridgehead atoms. The van der Waals surface area contributed by atoms with Crippen molar-refractivity contribution in [3.8, 4) is 0 Å². The molecule has 7 nitrogen and oxygen atoms in total. The highest BCUT2D eigenvalue weighted by Gasteiger charge is 2.48. The quantitative estimate of drug-likeness (QED) is 0.926. The minimum atomic E-state index is -0.702. The topological polar surface area (TPSA) is 68.2 Å². The van der Waals surface area contributed by atoms with E-state index < -0.39 is 5.66 Å². The van der Waals surface area contributed by atoms with Crippen molar-refractivity contribution >= 4 is 29.4 Å². The Morgan fingerprint density at radius 3 is 2.54 bits per heavy atom. The molecule has 2 aliphatic rings. The van der Waals surface area contributed by atoms with Crippen LogP contribution in [0.15, 0.2) is 29.3 Å². The van der Waals surface area contributed by atoms with Crippen molar-refractivity contribution < 1.29 is 9.59 Å². The fourth-order valence-electron chi connectivity index (χ4n) is 3.10. The maximum Gasteiger partial charge on any atom is 0.333 e. The number of amides is 4. The molecule has 1 N–H and O–H groups in total. The number of hydrogen-bond acceptors (Lipinski definition) is 3. The molecular weight excluding hydrogens is 306 g/mol. The van der Waals surface area contributed by atoms with E-state index in [1.54, 1.807) is 11.9 Å². The fraction of sp³-hybridized carbons (Fsp3) is 0.471. The first-order valence-electron chi connectivity index (χ1n) is 8.25. The third-order valence-electron chi connectivity index (χ3n) is 4.37. The second kappa shape index (κ2) is 5.81. The molecule has 0 saturated carbocycles. The molecule has 7 heteroatoms. The second-order valence-corrected chi connectivity index (χ2v) is 6.41. The Hall–Kier alpha value is -2.57. The Morgan fingerprint density at radius 1 is 1.25 bits per heavy atom. The lowest BCUT2D eigenvalue weighted by Gasteiger charge is -2.42. The third-order valence-corrected chi connectivity index (χ3v) is 4.37. The highest BCUT2D eigenvalue weighted by molar-refractivity contribution is 6.35. The van der Waals surface area contributed by atoms with Crippen LogP contribution < -0.4 is 15.1 Å². The Morgan fingerprint density at radius 2 is 1.92 bits per heavy atom. The number of carbonyl (C=O) groups is 2. The molecule has 2 aliphatic heterocycles. The van der Waals surface area contributed by atoms with Crippen LogP contribution in [0.3, 0.4) is 0 Å². The molecule has 0 aromatic heterocycles. The normalized spacial score (nSPS) is 18.2. The number of fused-ring (bicyclic) bond motifs is 3. The maximum atomic E-state index is 13.2. The summed E-state index contributed by atoms with van der Waals surface area (Å²) in [4.78, 5) is 35.1. The van der Waals surface area contributed by atoms with E-state index in [2.05, 4.69) is 12.2 Å². The van der Waals surface area contributed by atoms with Crippen molar-refractivity contribution in [3.05, 3.63) is 24.3 Å². The third kappa shape index (κ3) is 2.31. The second-order valence-electron chi connectivity index (χ2n) is 6.41. The Labute approximate surface area is 141 Å². The molecule has 128 valence electrons. The molecule has 0 atom stereocenters. The monoisotopic (exact) mass is 329 g/mol. The largest absolute Gasteiger partial charge is 0.340 e. The van der Waals surface area contributed by atoms with Crippen molar-refractivity contribution in [2.45, 2.75) is 39.3 Å². The van der Waals surface area contributed by atoms with Gasteiger partial charge in [0.05, 0.1) is 11.4 Å². The Kier molecular flexibility index (Phi) is 3.95. The molecule has 4 amide bonds. The molecule has 24 heavy (non-hydrogen) atoms. The van der Waals surface area contributed by atoms with Gasteiger partial charge in [-0.05, 0) is 32.4 Å². The molecular formula is C17H23N5O2. The summed E-state index contributed by atoms with van der Waals surface area (Å²) in [6, 6.07) is 6.90. The first-order chi connectivity index (χ1) is 11.4. The minimum absolute atomic E-state index is 0.141. The SMILES string of the molecule is CCCCN1C(=O)N2C(=NC1(C)C)N(C(=O)NC)c1ccccc12. The number of carbonyl (C=O) groups excluding carboxylic acids is 2. The Balaban J connectivity index is 2.13. The van der Waals surface area contributed by atoms with Crippen LogP contribution in [0.4, 0.5) is 21.0 Å². The van der Waals surface area contributed by atoms with Crippen molar-refractivity contribution in [1.29, 1.82) is 0 Å². The maximum absolute atomic E-state index is 13.2. The van der Waals surface area contributed by atoms with Crippen LogP contribution in [0.2, 0.25) is 0 Å². The highest BCUT2D eigenvalue weighted by Crippen LogP contribution is 2.41. The van der Waals surface area contributed by atoms with Gasteiger partial charge in [0.1, 0.15) is 5.66 Å². The van der Waals surface area contributed by atoms with Gasteiger partial charge in [0.2, 0.25) is 5.96 Å². The molecule has 0 radical (unpaired) electrons. The van der Waals surface area contributed by atoms with Crippen LogP contribution in [0, 0.1) is 0 Å². The fourth-order valence-corrected chi connectivity index (χ4v) is 3.10. The summed E-state index contributed by atoms with van der Waals surface area (Å²) in [6.45, 7) is 6.53. The lowest BCUT2D eigenvalue weighted by molar-refractivity contribution is 0.141. The molecule has 1 aromatic rings. The van der Waals surface area contributed by atoms with Gasteiger partial charge < -0.3 is 5.32 Å². The summed E-state index contributed by atoms with van der Waals surface area (Å²) in [6.07, 6.45) is 1.91. The van der Waals surface area contributed by atoms with Crippen LogP contribution in [0.1, 0.15) is 33.6 Å². The summed E-state index contributed by atoms with van der Waals surface area (Å²) in [7, 11) is 1.57. The minimum Gasteiger partial charge on any atom is -0.340 e. The number of hydrogen-bond donors (Lipinski definition) is 1. The van der Waals surface area contributed by atoms with Crippen molar-refractivity contribution in [3.63, 3.8) is 0 Å². The first kappa shape index (κ1) is 16.3. The predicted molar refractivity (Wildman–Crippen MR) is 94.4 cm³/mol. The molecule has 0 unspecified atom stereocenters. The number of aliphatic imine (C=N–C) groups is 1. The van der Waals surface area contributed by atoms with Crippen molar-refractivity contribution in [2.24, 2.45) is 4.99 Å². The van der Waals surface area contributed by atoms with Gasteiger partial charge in [-0.1, -0.05) is 25.5 Å². The van der Waals surface area contributed by atoms with E-state index in [0.29, 0.717) is 23.9 Å². The number of urea groups is 2. The van der Waals surface area contributed by atoms with Gasteiger partial charge in [0.15, 0.2) is 0 Å². The van der Waals surface area contributed by atoms with Crippen LogP contribution in [-0.2, 0) is 0 Å². The number of anilines is 2. The Bertz CT molecular complexity index is 713. The lowest BCUT2D eigenvalue weighted by Crippen LogP contribution is -2.62. The summed E-state index contributed by atoms with van der Waals surface area (Å²) in [5.74, 6) is 0.360. The number of unbranched alkanes of at least 4 members (excludes halogenated alkanes) is 1. The molecule has 1 aromatic carbocycles. The zero-order valence-electron chi connectivity index (χ0n) is 14.5. The van der Waals surface area contributed by atoms with E-state index in [9.17, 15) is 9.59 Å². The van der Waals surface area contributed by atoms with Gasteiger partial charge in [0, 0.05) is 13.6 Å². The number of benzene rings is 1. The standard InChI is InChI=1S/C17H23N5O2/c1-5-6-11-20-16(24)22-13-10-8-7-9-12(13)21(15(23)18-4)14(22)19-17(20,2)3/h7-10H,5-6,11H2,1-4H3,(H,18,23). The molecule has 0 saturated heterocycles. The van der Waals surface area contributed by atoms with Crippen LogP contribution in [0.5, 0.6) is 0 Å². The van der Waals surface area contributed by atoms with E-state index in [1.807, 2.05) is 38.1 Å². The van der Waals surface area contributed by atoms with Gasteiger partial charge in [0.25, 0.3) is 0 Å². The number of guanidine groups is 1. The summed E-state index contributed by atoms with van der Waals surface area (Å²) in [5, 5.41) is 2.62. The van der Waals surface area contributed by atoms with E-state index in [1.165, 1.54) is 9.80 Å². The number of nitrogens with one attached hydrogen (secondary N) is 1. The molecule has 2 heterocycles. The smallest absolute Gasteiger partial charge is 0.333 e. The average molecular weight is 329 g/mol. The highest BCUT2D eigenvalue weighted by atomic mass is 16.2. The lowest BCUT2D eigenvalue weighted by atomic mass is 10.1. The molecule has 0 aliphatic carbocycles. The zero-order chi connectivity index (χ0) is 17.5. The van der Waals surface area contributed by atoms with Crippen LogP contribution >= 0.6 is 0 Å². The van der Waals surface area contributed by atoms with Gasteiger partial charge in [-0.25, -0.2) is 24.4 Å². The number of rotatable bonds is 3. The van der Waals surface area contributed by atoms with Crippen LogP contribution in [-0.4, -0.2) is 42.2 Å². The zero-order valence-corrected chi connectivity index (χ0v) is 14.5. The molecule has 0 fully saturated rings. The molecule has 3 rings (SSSR count). The van der Waals surface area contributed by atoms with E-state index >= 15 is 0 Å². The number of para-hydroxylation sites is 2. The van der Waals surface area contributed by atoms with E-state index in [-0.39, 0.29) is 12.1 Å². The predicted octanol–water partition coefficient (Wildman–Crippen LogP) is 2.98. The van der Waals surface area contributed by atoms with Gasteiger partial charge in [-0.15, -0.1) is 0 Å². The van der Waals surface area contributed by atoms with E-state index in [4.69, 9.17) is 4.99 Å². The average Bonchev–Trinajstić information content (AvgIpc) is 2.86.